The number of likely N-dealkylation sites (tertiary alicyclic amines) is 1. The van der Waals surface area contributed by atoms with Gasteiger partial charge in [-0.05, 0) is 49.0 Å². The molecule has 38 heavy (non-hydrogen) atoms. The van der Waals surface area contributed by atoms with Crippen molar-refractivity contribution < 1.29 is 4.79 Å². The monoisotopic (exact) mass is 503 g/mol. The van der Waals surface area contributed by atoms with Crippen LogP contribution in [0, 0.1) is 6.92 Å². The second kappa shape index (κ2) is 10.1. The van der Waals surface area contributed by atoms with E-state index in [-0.39, 0.29) is 11.8 Å². The van der Waals surface area contributed by atoms with E-state index in [0.717, 1.165) is 35.6 Å². The number of fused-ring (bicyclic) bond motifs is 1. The fourth-order valence-corrected chi connectivity index (χ4v) is 4.81. The molecule has 1 aliphatic rings. The van der Waals surface area contributed by atoms with Crippen LogP contribution in [0.3, 0.4) is 0 Å². The molecule has 0 aliphatic carbocycles. The molecule has 0 spiro atoms. The molecule has 5 heterocycles. The van der Waals surface area contributed by atoms with Crippen LogP contribution in [-0.4, -0.2) is 66.3 Å². The third-order valence-corrected chi connectivity index (χ3v) is 6.89. The lowest BCUT2D eigenvalue weighted by molar-refractivity contribution is 0.0705. The first-order valence-corrected chi connectivity index (χ1v) is 12.6. The highest BCUT2D eigenvalue weighted by molar-refractivity contribution is 6.36. The summed E-state index contributed by atoms with van der Waals surface area (Å²) in [6.07, 6.45) is 6.78. The average molecular weight is 503 g/mol. The SMILES string of the molecule is [B]c1cnn2c(NCc3cccnc3)cc(C3CCN(C(=O)c4nn(-c5ccccc5)nc4C)CC3)nc12. The molecule has 1 fully saturated rings. The van der Waals surface area contributed by atoms with Gasteiger partial charge in [0.1, 0.15) is 19.3 Å². The summed E-state index contributed by atoms with van der Waals surface area (Å²) < 4.78 is 1.73. The Morgan fingerprint density at radius 1 is 1.08 bits per heavy atom. The summed E-state index contributed by atoms with van der Waals surface area (Å²) in [6, 6.07) is 15.6. The fraction of sp³-hybridized carbons (Fsp3) is 0.259. The van der Waals surface area contributed by atoms with Gasteiger partial charge in [-0.1, -0.05) is 24.3 Å². The molecule has 2 radical (unpaired) electrons. The molecule has 1 aromatic carbocycles. The summed E-state index contributed by atoms with van der Waals surface area (Å²) in [5.74, 6) is 0.918. The Balaban J connectivity index is 1.18. The summed E-state index contributed by atoms with van der Waals surface area (Å²) in [5.41, 5.74) is 4.99. The van der Waals surface area contributed by atoms with Gasteiger partial charge in [0.2, 0.25) is 0 Å². The van der Waals surface area contributed by atoms with Gasteiger partial charge in [-0.3, -0.25) is 9.78 Å². The number of carbonyl (C=O) groups is 1. The number of anilines is 1. The Bertz CT molecular complexity index is 1570. The lowest BCUT2D eigenvalue weighted by Gasteiger charge is -2.31. The molecule has 0 unspecified atom stereocenters. The molecule has 1 saturated heterocycles. The molecule has 0 atom stereocenters. The van der Waals surface area contributed by atoms with Crippen molar-refractivity contribution in [3.63, 3.8) is 0 Å². The van der Waals surface area contributed by atoms with Crippen molar-refractivity contribution in [2.45, 2.75) is 32.2 Å². The first kappa shape index (κ1) is 23.8. The third-order valence-electron chi connectivity index (χ3n) is 6.89. The van der Waals surface area contributed by atoms with Crippen LogP contribution in [0.2, 0.25) is 0 Å². The molecule has 11 heteroatoms. The Kier molecular flexibility index (Phi) is 6.32. The van der Waals surface area contributed by atoms with Gasteiger partial charge >= 0.3 is 0 Å². The van der Waals surface area contributed by atoms with E-state index >= 15 is 0 Å². The zero-order valence-electron chi connectivity index (χ0n) is 21.0. The number of hydrogen-bond donors (Lipinski definition) is 1. The van der Waals surface area contributed by atoms with Gasteiger partial charge in [0, 0.05) is 55.9 Å². The number of carbonyl (C=O) groups excluding carboxylic acids is 1. The van der Waals surface area contributed by atoms with Crippen LogP contribution in [0.15, 0.2) is 67.1 Å². The number of aryl methyl sites for hydroxylation is 1. The van der Waals surface area contributed by atoms with Crippen LogP contribution >= 0.6 is 0 Å². The molecule has 1 N–H and O–H groups in total. The van der Waals surface area contributed by atoms with Gasteiger partial charge in [0.05, 0.1) is 11.4 Å². The number of amides is 1. The van der Waals surface area contributed by atoms with Crippen LogP contribution in [0.4, 0.5) is 5.82 Å². The number of pyridine rings is 1. The fourth-order valence-electron chi connectivity index (χ4n) is 4.81. The average Bonchev–Trinajstić information content (AvgIpc) is 3.55. The van der Waals surface area contributed by atoms with Crippen LogP contribution in [0.1, 0.15) is 46.2 Å². The van der Waals surface area contributed by atoms with Crippen molar-refractivity contribution in [3.8, 4) is 5.69 Å². The molecule has 6 rings (SSSR count). The minimum Gasteiger partial charge on any atom is -0.366 e. The lowest BCUT2D eigenvalue weighted by atomic mass is 9.92. The van der Waals surface area contributed by atoms with Crippen LogP contribution < -0.4 is 10.8 Å². The Labute approximate surface area is 221 Å². The van der Waals surface area contributed by atoms with Crippen LogP contribution in [0.25, 0.3) is 11.3 Å². The second-order valence-electron chi connectivity index (χ2n) is 9.44. The summed E-state index contributed by atoms with van der Waals surface area (Å²) in [5, 5.41) is 16.8. The Morgan fingerprint density at radius 2 is 1.89 bits per heavy atom. The van der Waals surface area contributed by atoms with Gasteiger partial charge in [0.25, 0.3) is 5.91 Å². The van der Waals surface area contributed by atoms with Crippen molar-refractivity contribution in [3.05, 3.63) is 89.8 Å². The molecular weight excluding hydrogens is 477 g/mol. The topological polar surface area (TPSA) is 106 Å². The number of aromatic nitrogens is 7. The van der Waals surface area contributed by atoms with E-state index in [9.17, 15) is 4.79 Å². The van der Waals surface area contributed by atoms with E-state index in [2.05, 4.69) is 25.6 Å². The number of rotatable bonds is 6. The molecule has 188 valence electrons. The summed E-state index contributed by atoms with van der Waals surface area (Å²) in [6.45, 7) is 3.64. The van der Waals surface area contributed by atoms with Gasteiger partial charge in [-0.2, -0.15) is 19.5 Å². The largest absolute Gasteiger partial charge is 0.366 e. The first-order valence-electron chi connectivity index (χ1n) is 12.6. The predicted octanol–water partition coefficient (Wildman–Crippen LogP) is 2.44. The quantitative estimate of drug-likeness (QED) is 0.355. The van der Waals surface area contributed by atoms with E-state index in [0.29, 0.717) is 42.1 Å². The van der Waals surface area contributed by atoms with Gasteiger partial charge < -0.3 is 10.2 Å². The second-order valence-corrected chi connectivity index (χ2v) is 9.44. The minimum absolute atomic E-state index is 0.0922. The molecule has 5 aromatic rings. The van der Waals surface area contributed by atoms with Gasteiger partial charge in [-0.25, -0.2) is 4.98 Å². The lowest BCUT2D eigenvalue weighted by Crippen LogP contribution is -2.38. The maximum Gasteiger partial charge on any atom is 0.276 e. The number of benzene rings is 1. The molecule has 0 bridgehead atoms. The van der Waals surface area contributed by atoms with Crippen LogP contribution in [-0.2, 0) is 6.54 Å². The standard InChI is InChI=1S/C27H26BN9O/c1-18-25(34-37(33-18)21-7-3-2-4-8-21)27(38)35-12-9-20(10-13-35)23-14-24(30-16-19-6-5-11-29-15-19)36-26(32-23)22(28)17-31-36/h2-8,11,14-15,17,20,30H,9-10,12-13,16H2,1H3. The zero-order chi connectivity index (χ0) is 26.1. The maximum absolute atomic E-state index is 13.3. The van der Waals surface area contributed by atoms with Crippen molar-refractivity contribution >= 4 is 30.7 Å². The highest BCUT2D eigenvalue weighted by Gasteiger charge is 2.29. The van der Waals surface area contributed by atoms with Crippen molar-refractivity contribution in [1.29, 1.82) is 0 Å². The van der Waals surface area contributed by atoms with Crippen molar-refractivity contribution in [1.82, 2.24) is 39.5 Å². The van der Waals surface area contributed by atoms with Gasteiger partial charge in [-0.15, -0.1) is 5.10 Å². The van der Waals surface area contributed by atoms with E-state index < -0.39 is 0 Å². The number of para-hydroxylation sites is 1. The van der Waals surface area contributed by atoms with E-state index in [1.807, 2.05) is 66.6 Å². The smallest absolute Gasteiger partial charge is 0.276 e. The van der Waals surface area contributed by atoms with E-state index in [1.165, 1.54) is 4.80 Å². The zero-order valence-corrected chi connectivity index (χ0v) is 21.0. The van der Waals surface area contributed by atoms with Crippen LogP contribution in [0.5, 0.6) is 0 Å². The molecular formula is C27H26BN9O. The molecule has 10 nitrogen and oxygen atoms in total. The normalized spacial score (nSPS) is 14.2. The molecule has 0 saturated carbocycles. The van der Waals surface area contributed by atoms with Crippen molar-refractivity contribution in [2.24, 2.45) is 0 Å². The molecule has 1 aliphatic heterocycles. The highest BCUT2D eigenvalue weighted by Crippen LogP contribution is 2.29. The highest BCUT2D eigenvalue weighted by atomic mass is 16.2. The minimum atomic E-state index is -0.0922. The molecule has 1 amide bonds. The van der Waals surface area contributed by atoms with E-state index in [1.54, 1.807) is 16.9 Å². The number of nitrogens with one attached hydrogen (secondary N) is 1. The summed E-state index contributed by atoms with van der Waals surface area (Å²) >= 11 is 0. The van der Waals surface area contributed by atoms with E-state index in [4.69, 9.17) is 12.8 Å². The first-order chi connectivity index (χ1) is 18.6. The third kappa shape index (κ3) is 4.62. The number of hydrogen-bond acceptors (Lipinski definition) is 7. The number of piperidine rings is 1. The predicted molar refractivity (Wildman–Crippen MR) is 144 cm³/mol. The summed E-state index contributed by atoms with van der Waals surface area (Å²) in [7, 11) is 6.18. The van der Waals surface area contributed by atoms with Crippen molar-refractivity contribution in [2.75, 3.05) is 18.4 Å². The van der Waals surface area contributed by atoms with Gasteiger partial charge in [0.15, 0.2) is 5.69 Å². The number of nitrogens with zero attached hydrogens (tertiary/aromatic N) is 8. The maximum atomic E-state index is 13.3. The Morgan fingerprint density at radius 3 is 2.66 bits per heavy atom. The molecule has 4 aromatic heterocycles. The Hall–Kier alpha value is -4.54. The summed E-state index contributed by atoms with van der Waals surface area (Å²) in [4.78, 5) is 25.7.